The van der Waals surface area contributed by atoms with E-state index in [2.05, 4.69) is 5.32 Å². The fourth-order valence-electron chi connectivity index (χ4n) is 4.75. The van der Waals surface area contributed by atoms with E-state index in [4.69, 9.17) is 39.5 Å². The molecule has 0 spiro atoms. The summed E-state index contributed by atoms with van der Waals surface area (Å²) in [6.07, 6.45) is 6.29. The minimum absolute atomic E-state index is 0.0181. The van der Waals surface area contributed by atoms with Crippen LogP contribution in [0.3, 0.4) is 0 Å². The van der Waals surface area contributed by atoms with Crippen molar-refractivity contribution < 1.29 is 22.7 Å². The zero-order valence-electron chi connectivity index (χ0n) is 22.3. The summed E-state index contributed by atoms with van der Waals surface area (Å²) in [5.74, 6) is -0.639. The van der Waals surface area contributed by atoms with Crippen LogP contribution in [0.25, 0.3) is 0 Å². The topological polar surface area (TPSA) is 96.0 Å². The van der Waals surface area contributed by atoms with Crippen LogP contribution < -0.4 is 14.4 Å². The van der Waals surface area contributed by atoms with Crippen molar-refractivity contribution in [2.75, 3.05) is 24.2 Å². The number of ether oxygens (including phenoxy) is 1. The number of sulfonamides is 1. The number of carbonyl (C=O) groups is 2. The number of hydrogen-bond donors (Lipinski definition) is 1. The van der Waals surface area contributed by atoms with E-state index >= 15 is 0 Å². The number of carbonyl (C=O) groups excluding carboxylic acids is 2. The molecule has 1 aliphatic rings. The van der Waals surface area contributed by atoms with Crippen molar-refractivity contribution in [3.63, 3.8) is 0 Å². The molecule has 1 saturated carbocycles. The molecule has 39 heavy (non-hydrogen) atoms. The second kappa shape index (κ2) is 13.9. The predicted molar refractivity (Wildman–Crippen MR) is 156 cm³/mol. The molecule has 3 rings (SSSR count). The molecular formula is C27H34Cl3N3O5S. The van der Waals surface area contributed by atoms with Crippen LogP contribution in [0.1, 0.15) is 51.0 Å². The van der Waals surface area contributed by atoms with Gasteiger partial charge < -0.3 is 15.0 Å². The van der Waals surface area contributed by atoms with E-state index in [-0.39, 0.29) is 35.0 Å². The molecule has 2 aromatic rings. The molecule has 1 unspecified atom stereocenters. The number of amides is 2. The van der Waals surface area contributed by atoms with Gasteiger partial charge in [0.1, 0.15) is 18.3 Å². The van der Waals surface area contributed by atoms with Crippen molar-refractivity contribution in [2.45, 2.75) is 64.1 Å². The molecule has 2 aromatic carbocycles. The SMILES string of the molecule is CCC(C(=O)NC1CCCCC1)N(Cc1ccc(Cl)cc1Cl)C(=O)CN(c1cc(Cl)ccc1OC)S(C)(=O)=O. The van der Waals surface area contributed by atoms with Gasteiger partial charge in [0.15, 0.2) is 0 Å². The number of rotatable bonds is 11. The van der Waals surface area contributed by atoms with Crippen molar-refractivity contribution >= 4 is 62.3 Å². The van der Waals surface area contributed by atoms with Crippen molar-refractivity contribution in [1.82, 2.24) is 10.2 Å². The van der Waals surface area contributed by atoms with Gasteiger partial charge in [0.25, 0.3) is 0 Å². The zero-order valence-corrected chi connectivity index (χ0v) is 25.3. The number of methoxy groups -OCH3 is 1. The maximum absolute atomic E-state index is 13.9. The lowest BCUT2D eigenvalue weighted by atomic mass is 9.95. The summed E-state index contributed by atoms with van der Waals surface area (Å²) < 4.78 is 32.1. The average molecular weight is 619 g/mol. The zero-order chi connectivity index (χ0) is 28.7. The number of halogens is 3. The van der Waals surface area contributed by atoms with Crippen LogP contribution in [0, 0.1) is 0 Å². The van der Waals surface area contributed by atoms with Crippen molar-refractivity contribution in [1.29, 1.82) is 0 Å². The van der Waals surface area contributed by atoms with Gasteiger partial charge in [0, 0.05) is 27.7 Å². The Labute approximate surface area is 245 Å². The average Bonchev–Trinajstić information content (AvgIpc) is 2.88. The molecule has 1 fully saturated rings. The van der Waals surface area contributed by atoms with E-state index in [0.29, 0.717) is 22.0 Å². The Morgan fingerprint density at radius 2 is 1.69 bits per heavy atom. The van der Waals surface area contributed by atoms with Gasteiger partial charge in [-0.2, -0.15) is 0 Å². The Morgan fingerprint density at radius 3 is 2.28 bits per heavy atom. The summed E-state index contributed by atoms with van der Waals surface area (Å²) in [7, 11) is -2.56. The van der Waals surface area contributed by atoms with E-state index in [0.717, 1.165) is 42.7 Å². The van der Waals surface area contributed by atoms with Gasteiger partial charge in [-0.3, -0.25) is 13.9 Å². The normalized spacial score (nSPS) is 14.9. The molecule has 0 aliphatic heterocycles. The third kappa shape index (κ3) is 8.39. The molecule has 0 saturated heterocycles. The van der Waals surface area contributed by atoms with Gasteiger partial charge in [-0.05, 0) is 55.2 Å². The number of benzene rings is 2. The van der Waals surface area contributed by atoms with Crippen LogP contribution >= 0.6 is 34.8 Å². The standard InChI is InChI=1S/C27H34Cl3N3O5S/c1-4-23(27(35)31-21-8-6-5-7-9-21)32(16-18-10-11-19(28)14-22(18)30)26(34)17-33(39(3,36)37)24-15-20(29)12-13-25(24)38-2/h10-15,21,23H,4-9,16-17H2,1-3H3,(H,31,35). The Kier molecular flexibility index (Phi) is 11.2. The molecule has 0 aromatic heterocycles. The van der Waals surface area contributed by atoms with E-state index in [1.54, 1.807) is 24.3 Å². The molecule has 214 valence electrons. The second-order valence-electron chi connectivity index (χ2n) is 9.61. The lowest BCUT2D eigenvalue weighted by molar-refractivity contribution is -0.140. The summed E-state index contributed by atoms with van der Waals surface area (Å²) >= 11 is 18.7. The number of hydrogen-bond acceptors (Lipinski definition) is 5. The second-order valence-corrected chi connectivity index (χ2v) is 12.8. The highest BCUT2D eigenvalue weighted by atomic mass is 35.5. The summed E-state index contributed by atoms with van der Waals surface area (Å²) in [6.45, 7) is 1.22. The molecule has 1 N–H and O–H groups in total. The lowest BCUT2D eigenvalue weighted by Crippen LogP contribution is -2.54. The van der Waals surface area contributed by atoms with E-state index in [1.807, 2.05) is 6.92 Å². The number of anilines is 1. The molecule has 0 radical (unpaired) electrons. The van der Waals surface area contributed by atoms with E-state index in [9.17, 15) is 18.0 Å². The van der Waals surface area contributed by atoms with Crippen LogP contribution in [0.4, 0.5) is 5.69 Å². The first-order chi connectivity index (χ1) is 18.4. The van der Waals surface area contributed by atoms with Gasteiger partial charge in [-0.1, -0.05) is 67.1 Å². The minimum atomic E-state index is -3.95. The van der Waals surface area contributed by atoms with Crippen LogP contribution in [-0.2, 0) is 26.2 Å². The summed E-state index contributed by atoms with van der Waals surface area (Å²) in [5, 5.41) is 4.14. The Balaban J connectivity index is 1.99. The first-order valence-electron chi connectivity index (χ1n) is 12.8. The smallest absolute Gasteiger partial charge is 0.244 e. The monoisotopic (exact) mass is 617 g/mol. The molecule has 2 amide bonds. The van der Waals surface area contributed by atoms with Gasteiger partial charge >= 0.3 is 0 Å². The van der Waals surface area contributed by atoms with E-state index in [1.165, 1.54) is 24.1 Å². The third-order valence-electron chi connectivity index (χ3n) is 6.78. The number of nitrogens with zero attached hydrogens (tertiary/aromatic N) is 2. The van der Waals surface area contributed by atoms with Crippen molar-refractivity contribution in [2.24, 2.45) is 0 Å². The minimum Gasteiger partial charge on any atom is -0.495 e. The van der Waals surface area contributed by atoms with Crippen LogP contribution in [-0.4, -0.2) is 57.1 Å². The highest BCUT2D eigenvalue weighted by Crippen LogP contribution is 2.33. The van der Waals surface area contributed by atoms with Crippen molar-refractivity contribution in [3.05, 3.63) is 57.0 Å². The summed E-state index contributed by atoms with van der Waals surface area (Å²) in [6, 6.07) is 8.58. The largest absolute Gasteiger partial charge is 0.495 e. The first kappa shape index (κ1) is 31.3. The molecular weight excluding hydrogens is 585 g/mol. The molecule has 12 heteroatoms. The van der Waals surface area contributed by atoms with Crippen LogP contribution in [0.5, 0.6) is 5.75 Å². The molecule has 8 nitrogen and oxygen atoms in total. The van der Waals surface area contributed by atoms with Gasteiger partial charge in [-0.15, -0.1) is 0 Å². The fraction of sp³-hybridized carbons (Fsp3) is 0.481. The lowest BCUT2D eigenvalue weighted by Gasteiger charge is -2.34. The Morgan fingerprint density at radius 1 is 1.05 bits per heavy atom. The summed E-state index contributed by atoms with van der Waals surface area (Å²) in [4.78, 5) is 28.8. The fourth-order valence-corrected chi connectivity index (χ4v) is 6.23. The maximum atomic E-state index is 13.9. The van der Waals surface area contributed by atoms with Gasteiger partial charge in [0.2, 0.25) is 21.8 Å². The molecule has 0 heterocycles. The Bertz CT molecular complexity index is 1290. The van der Waals surface area contributed by atoms with E-state index < -0.39 is 28.5 Å². The van der Waals surface area contributed by atoms with Gasteiger partial charge in [0.05, 0.1) is 19.1 Å². The van der Waals surface area contributed by atoms with Crippen molar-refractivity contribution in [3.8, 4) is 5.75 Å². The number of nitrogens with one attached hydrogen (secondary N) is 1. The third-order valence-corrected chi connectivity index (χ3v) is 8.73. The highest BCUT2D eigenvalue weighted by molar-refractivity contribution is 7.92. The van der Waals surface area contributed by atoms with Crippen LogP contribution in [0.15, 0.2) is 36.4 Å². The Hall–Kier alpha value is -2.20. The first-order valence-corrected chi connectivity index (χ1v) is 15.8. The summed E-state index contributed by atoms with van der Waals surface area (Å²) in [5.41, 5.74) is 0.689. The van der Waals surface area contributed by atoms with Gasteiger partial charge in [-0.25, -0.2) is 8.42 Å². The molecule has 1 atom stereocenters. The van der Waals surface area contributed by atoms with Crippen LogP contribution in [0.2, 0.25) is 15.1 Å². The molecule has 0 bridgehead atoms. The quantitative estimate of drug-likeness (QED) is 0.350. The maximum Gasteiger partial charge on any atom is 0.244 e. The predicted octanol–water partition coefficient (Wildman–Crippen LogP) is 5.68. The molecule has 1 aliphatic carbocycles. The highest BCUT2D eigenvalue weighted by Gasteiger charge is 2.34.